The summed E-state index contributed by atoms with van der Waals surface area (Å²) >= 11 is 0. The van der Waals surface area contributed by atoms with Crippen molar-refractivity contribution in [1.82, 2.24) is 0 Å². The Bertz CT molecular complexity index is 407. The SMILES string of the molecule is CCc1cc(C(N)=O)c(OC)c([N+](=O)[O-])c1. The van der Waals surface area contributed by atoms with Crippen molar-refractivity contribution in [2.24, 2.45) is 5.73 Å². The Morgan fingerprint density at radius 3 is 2.56 bits per heavy atom. The van der Waals surface area contributed by atoms with Gasteiger partial charge in [0.1, 0.15) is 0 Å². The molecule has 0 saturated carbocycles. The summed E-state index contributed by atoms with van der Waals surface area (Å²) in [4.78, 5) is 21.3. The molecule has 1 amide bonds. The first-order valence-corrected chi connectivity index (χ1v) is 4.66. The van der Waals surface area contributed by atoms with Gasteiger partial charge >= 0.3 is 5.69 Å². The molecule has 0 aliphatic rings. The lowest BCUT2D eigenvalue weighted by atomic mass is 10.1. The van der Waals surface area contributed by atoms with Crippen molar-refractivity contribution in [2.75, 3.05) is 7.11 Å². The van der Waals surface area contributed by atoms with E-state index in [1.54, 1.807) is 0 Å². The molecule has 0 aliphatic carbocycles. The highest BCUT2D eigenvalue weighted by Gasteiger charge is 2.22. The molecule has 0 spiro atoms. The standard InChI is InChI=1S/C10H12N2O4/c1-3-6-4-7(10(11)13)9(16-2)8(5-6)12(14)15/h4-5H,3H2,1-2H3,(H2,11,13). The summed E-state index contributed by atoms with van der Waals surface area (Å²) in [6.07, 6.45) is 0.575. The molecule has 0 atom stereocenters. The summed E-state index contributed by atoms with van der Waals surface area (Å²) in [6.45, 7) is 1.83. The van der Waals surface area contributed by atoms with Crippen LogP contribution in [0, 0.1) is 10.1 Å². The van der Waals surface area contributed by atoms with Crippen molar-refractivity contribution < 1.29 is 14.5 Å². The summed E-state index contributed by atoms with van der Waals surface area (Å²) in [5.74, 6) is -0.829. The van der Waals surface area contributed by atoms with E-state index >= 15 is 0 Å². The number of methoxy groups -OCH3 is 1. The lowest BCUT2D eigenvalue weighted by molar-refractivity contribution is -0.385. The van der Waals surface area contributed by atoms with Crippen LogP contribution in [0.25, 0.3) is 0 Å². The van der Waals surface area contributed by atoms with Gasteiger partial charge in [0.05, 0.1) is 17.6 Å². The highest BCUT2D eigenvalue weighted by molar-refractivity contribution is 5.97. The Balaban J connectivity index is 3.52. The van der Waals surface area contributed by atoms with E-state index in [-0.39, 0.29) is 17.0 Å². The van der Waals surface area contributed by atoms with Gasteiger partial charge in [-0.25, -0.2) is 0 Å². The monoisotopic (exact) mass is 224 g/mol. The Labute approximate surface area is 92.2 Å². The number of nitro benzene ring substituents is 1. The zero-order valence-electron chi connectivity index (χ0n) is 9.02. The second kappa shape index (κ2) is 4.61. The number of ether oxygens (including phenoxy) is 1. The van der Waals surface area contributed by atoms with Gasteiger partial charge in [-0.2, -0.15) is 0 Å². The number of nitrogens with zero attached hydrogens (tertiary/aromatic N) is 1. The summed E-state index contributed by atoms with van der Waals surface area (Å²) in [7, 11) is 1.26. The summed E-state index contributed by atoms with van der Waals surface area (Å²) in [6, 6.07) is 2.89. The summed E-state index contributed by atoms with van der Waals surface area (Å²) < 4.78 is 4.86. The van der Waals surface area contributed by atoms with Crippen LogP contribution >= 0.6 is 0 Å². The van der Waals surface area contributed by atoms with Crippen LogP contribution in [-0.4, -0.2) is 17.9 Å². The Hall–Kier alpha value is -2.11. The summed E-state index contributed by atoms with van der Waals surface area (Å²) in [5.41, 5.74) is 5.60. The van der Waals surface area contributed by atoms with Crippen LogP contribution in [0.1, 0.15) is 22.8 Å². The van der Waals surface area contributed by atoms with E-state index in [1.807, 2.05) is 6.92 Å². The normalized spacial score (nSPS) is 9.88. The number of hydrogen-bond donors (Lipinski definition) is 1. The highest BCUT2D eigenvalue weighted by Crippen LogP contribution is 2.32. The third kappa shape index (κ3) is 2.10. The molecule has 16 heavy (non-hydrogen) atoms. The minimum Gasteiger partial charge on any atom is -0.490 e. The molecule has 86 valence electrons. The minimum absolute atomic E-state index is 0.0357. The van der Waals surface area contributed by atoms with Crippen molar-refractivity contribution in [1.29, 1.82) is 0 Å². The van der Waals surface area contributed by atoms with Gasteiger partial charge in [0.2, 0.25) is 5.75 Å². The number of benzene rings is 1. The second-order valence-electron chi connectivity index (χ2n) is 3.17. The van der Waals surface area contributed by atoms with Crippen LogP contribution in [0.5, 0.6) is 5.75 Å². The largest absolute Gasteiger partial charge is 0.490 e. The topological polar surface area (TPSA) is 95.5 Å². The van der Waals surface area contributed by atoms with E-state index in [1.165, 1.54) is 19.2 Å². The van der Waals surface area contributed by atoms with Gasteiger partial charge < -0.3 is 10.5 Å². The summed E-state index contributed by atoms with van der Waals surface area (Å²) in [5, 5.41) is 10.8. The molecule has 2 N–H and O–H groups in total. The lowest BCUT2D eigenvalue weighted by Gasteiger charge is -2.08. The van der Waals surface area contributed by atoms with E-state index in [0.29, 0.717) is 12.0 Å². The molecule has 0 radical (unpaired) electrons. The molecule has 0 aromatic heterocycles. The predicted molar refractivity (Wildman–Crippen MR) is 57.5 cm³/mol. The van der Waals surface area contributed by atoms with Gasteiger partial charge in [-0.05, 0) is 18.1 Å². The minimum atomic E-state index is -0.741. The first kappa shape index (κ1) is 12.0. The maximum absolute atomic E-state index is 11.1. The predicted octanol–water partition coefficient (Wildman–Crippen LogP) is 1.26. The Kier molecular flexibility index (Phi) is 3.44. The molecular weight excluding hydrogens is 212 g/mol. The molecule has 0 fully saturated rings. The van der Waals surface area contributed by atoms with Crippen molar-refractivity contribution in [3.05, 3.63) is 33.4 Å². The number of nitrogens with two attached hydrogens (primary N) is 1. The number of aryl methyl sites for hydroxylation is 1. The first-order valence-electron chi connectivity index (χ1n) is 4.66. The number of hydrogen-bond acceptors (Lipinski definition) is 4. The van der Waals surface area contributed by atoms with Crippen molar-refractivity contribution in [2.45, 2.75) is 13.3 Å². The quantitative estimate of drug-likeness (QED) is 0.615. The lowest BCUT2D eigenvalue weighted by Crippen LogP contribution is -2.14. The molecule has 6 heteroatoms. The number of rotatable bonds is 4. The smallest absolute Gasteiger partial charge is 0.312 e. The third-order valence-corrected chi connectivity index (χ3v) is 2.20. The number of amides is 1. The molecule has 0 heterocycles. The fourth-order valence-electron chi connectivity index (χ4n) is 1.41. The van der Waals surface area contributed by atoms with E-state index < -0.39 is 10.8 Å². The van der Waals surface area contributed by atoms with E-state index in [9.17, 15) is 14.9 Å². The fourth-order valence-corrected chi connectivity index (χ4v) is 1.41. The maximum atomic E-state index is 11.1. The van der Waals surface area contributed by atoms with Crippen LogP contribution in [-0.2, 0) is 6.42 Å². The van der Waals surface area contributed by atoms with E-state index in [4.69, 9.17) is 10.5 Å². The average Bonchev–Trinajstić information content (AvgIpc) is 2.26. The van der Waals surface area contributed by atoms with Crippen LogP contribution in [0.15, 0.2) is 12.1 Å². The number of carbonyl (C=O) groups is 1. The van der Waals surface area contributed by atoms with Crippen molar-refractivity contribution in [3.63, 3.8) is 0 Å². The Morgan fingerprint density at radius 1 is 1.56 bits per heavy atom. The van der Waals surface area contributed by atoms with Crippen LogP contribution < -0.4 is 10.5 Å². The second-order valence-corrected chi connectivity index (χ2v) is 3.17. The van der Waals surface area contributed by atoms with Crippen molar-refractivity contribution in [3.8, 4) is 5.75 Å². The van der Waals surface area contributed by atoms with Crippen LogP contribution in [0.3, 0.4) is 0 Å². The molecular formula is C10H12N2O4. The Morgan fingerprint density at radius 2 is 2.19 bits per heavy atom. The maximum Gasteiger partial charge on any atom is 0.312 e. The van der Waals surface area contributed by atoms with Gasteiger partial charge in [0, 0.05) is 6.07 Å². The molecule has 6 nitrogen and oxygen atoms in total. The molecule has 1 rings (SSSR count). The van der Waals surface area contributed by atoms with Gasteiger partial charge in [-0.1, -0.05) is 6.92 Å². The molecule has 0 aliphatic heterocycles. The van der Waals surface area contributed by atoms with Gasteiger partial charge in [0.25, 0.3) is 5.91 Å². The fraction of sp³-hybridized carbons (Fsp3) is 0.300. The average molecular weight is 224 g/mol. The van der Waals surface area contributed by atoms with Crippen molar-refractivity contribution >= 4 is 11.6 Å². The zero-order chi connectivity index (χ0) is 12.3. The molecule has 1 aromatic rings. The van der Waals surface area contributed by atoms with E-state index in [0.717, 1.165) is 0 Å². The molecule has 0 unspecified atom stereocenters. The van der Waals surface area contributed by atoms with Gasteiger partial charge in [-0.3, -0.25) is 14.9 Å². The van der Waals surface area contributed by atoms with Crippen LogP contribution in [0.2, 0.25) is 0 Å². The highest BCUT2D eigenvalue weighted by atomic mass is 16.6. The van der Waals surface area contributed by atoms with E-state index in [2.05, 4.69) is 0 Å². The number of nitro groups is 1. The first-order chi connectivity index (χ1) is 7.51. The molecule has 1 aromatic carbocycles. The number of primary amides is 1. The van der Waals surface area contributed by atoms with Crippen LogP contribution in [0.4, 0.5) is 5.69 Å². The molecule has 0 saturated heterocycles. The number of carbonyl (C=O) groups excluding carboxylic acids is 1. The third-order valence-electron chi connectivity index (χ3n) is 2.20. The molecule has 0 bridgehead atoms. The van der Waals surface area contributed by atoms with Gasteiger partial charge in [-0.15, -0.1) is 0 Å². The zero-order valence-corrected chi connectivity index (χ0v) is 9.02. The van der Waals surface area contributed by atoms with Gasteiger partial charge in [0.15, 0.2) is 0 Å².